The van der Waals surface area contributed by atoms with E-state index >= 15 is 0 Å². The maximum atomic E-state index is 12.7. The summed E-state index contributed by atoms with van der Waals surface area (Å²) in [7, 11) is -3.87. The van der Waals surface area contributed by atoms with Crippen molar-refractivity contribution in [3.63, 3.8) is 0 Å². The molecule has 0 fully saturated rings. The molecule has 0 aliphatic carbocycles. The van der Waals surface area contributed by atoms with Gasteiger partial charge in [0.05, 0.1) is 9.92 Å². The van der Waals surface area contributed by atoms with Crippen molar-refractivity contribution < 1.29 is 17.9 Å². The number of amides is 1. The molecule has 0 atom stereocenters. The predicted octanol–water partition coefficient (Wildman–Crippen LogP) is 3.42. The van der Waals surface area contributed by atoms with Gasteiger partial charge in [0.2, 0.25) is 5.95 Å². The van der Waals surface area contributed by atoms with E-state index in [1.807, 2.05) is 0 Å². The van der Waals surface area contributed by atoms with E-state index in [1.54, 1.807) is 30.3 Å². The average molecular weight is 485 g/mol. The average Bonchev–Trinajstić information content (AvgIpc) is 3.28. The third kappa shape index (κ3) is 5.45. The molecule has 2 aromatic carbocycles. The van der Waals surface area contributed by atoms with Crippen molar-refractivity contribution in [3.8, 4) is 5.75 Å². The zero-order valence-electron chi connectivity index (χ0n) is 16.9. The number of hydrogen-bond acceptors (Lipinski definition) is 7. The number of aromatic nitrogens is 4. The van der Waals surface area contributed by atoms with E-state index < -0.39 is 15.9 Å². The summed E-state index contributed by atoms with van der Waals surface area (Å²) >= 11 is 6.08. The zero-order valence-corrected chi connectivity index (χ0v) is 18.5. The van der Waals surface area contributed by atoms with Crippen molar-refractivity contribution in [2.75, 3.05) is 10.0 Å². The molecule has 168 valence electrons. The first-order valence-corrected chi connectivity index (χ1v) is 11.4. The Bertz CT molecular complexity index is 1360. The summed E-state index contributed by atoms with van der Waals surface area (Å²) in [6.07, 6.45) is 4.32. The monoisotopic (exact) mass is 484 g/mol. The number of benzene rings is 2. The maximum Gasteiger partial charge on any atom is 0.274 e. The normalized spacial score (nSPS) is 11.1. The van der Waals surface area contributed by atoms with Crippen LogP contribution in [0.3, 0.4) is 0 Å². The standard InChI is InChI=1S/C21H17ClN6O4S/c22-17-4-1-2-5-19(17)32-14-28-18(10-13-25-28)20(29)26-15-6-8-16(9-7-15)33(30,31)27-21-23-11-3-12-24-21/h1-13H,14H2,(H,26,29)(H,23,24,27). The molecule has 0 saturated carbocycles. The summed E-state index contributed by atoms with van der Waals surface area (Å²) in [6.45, 7) is -0.0239. The first-order valence-electron chi connectivity index (χ1n) is 9.53. The Morgan fingerprint density at radius 2 is 1.70 bits per heavy atom. The maximum absolute atomic E-state index is 12.7. The molecule has 33 heavy (non-hydrogen) atoms. The molecule has 4 rings (SSSR count). The van der Waals surface area contributed by atoms with Crippen LogP contribution in [-0.2, 0) is 16.8 Å². The van der Waals surface area contributed by atoms with Crippen LogP contribution in [0.5, 0.6) is 5.75 Å². The van der Waals surface area contributed by atoms with Crippen molar-refractivity contribution in [1.82, 2.24) is 19.7 Å². The van der Waals surface area contributed by atoms with E-state index in [1.165, 1.54) is 53.6 Å². The molecule has 0 aliphatic heterocycles. The highest BCUT2D eigenvalue weighted by atomic mass is 35.5. The number of rotatable bonds is 8. The molecule has 2 N–H and O–H groups in total. The highest BCUT2D eigenvalue weighted by Gasteiger charge is 2.17. The third-order valence-electron chi connectivity index (χ3n) is 4.34. The number of ether oxygens (including phenoxy) is 1. The summed E-state index contributed by atoms with van der Waals surface area (Å²) in [5, 5.41) is 7.24. The van der Waals surface area contributed by atoms with Gasteiger partial charge in [-0.3, -0.25) is 4.79 Å². The van der Waals surface area contributed by atoms with E-state index in [0.29, 0.717) is 16.5 Å². The van der Waals surface area contributed by atoms with Gasteiger partial charge in [-0.05, 0) is 48.5 Å². The molecule has 12 heteroatoms. The Balaban J connectivity index is 1.41. The Morgan fingerprint density at radius 1 is 0.970 bits per heavy atom. The molecule has 0 spiro atoms. The lowest BCUT2D eigenvalue weighted by molar-refractivity contribution is 0.100. The van der Waals surface area contributed by atoms with Gasteiger partial charge in [0, 0.05) is 24.3 Å². The van der Waals surface area contributed by atoms with Gasteiger partial charge in [0.15, 0.2) is 6.73 Å². The Kier molecular flexibility index (Phi) is 6.52. The predicted molar refractivity (Wildman–Crippen MR) is 122 cm³/mol. The lowest BCUT2D eigenvalue weighted by Gasteiger charge is -2.11. The number of carbonyl (C=O) groups is 1. The molecule has 0 aliphatic rings. The first-order chi connectivity index (χ1) is 15.9. The van der Waals surface area contributed by atoms with E-state index in [2.05, 4.69) is 25.1 Å². The fourth-order valence-corrected chi connectivity index (χ4v) is 3.91. The van der Waals surface area contributed by atoms with Crippen LogP contribution < -0.4 is 14.8 Å². The topological polar surface area (TPSA) is 128 Å². The van der Waals surface area contributed by atoms with Crippen molar-refractivity contribution in [2.45, 2.75) is 11.6 Å². The molecule has 0 unspecified atom stereocenters. The molecular weight excluding hydrogens is 468 g/mol. The van der Waals surface area contributed by atoms with Crippen LogP contribution >= 0.6 is 11.6 Å². The second kappa shape index (κ2) is 9.67. The zero-order chi connectivity index (χ0) is 23.3. The van der Waals surface area contributed by atoms with E-state index in [4.69, 9.17) is 16.3 Å². The minimum atomic E-state index is -3.87. The van der Waals surface area contributed by atoms with Gasteiger partial charge in [-0.15, -0.1) is 0 Å². The minimum absolute atomic E-state index is 0.00821. The number of sulfonamides is 1. The van der Waals surface area contributed by atoms with Gasteiger partial charge < -0.3 is 10.1 Å². The molecule has 0 saturated heterocycles. The molecule has 0 radical (unpaired) electrons. The van der Waals surface area contributed by atoms with Crippen molar-refractivity contribution in [3.05, 3.63) is 90.0 Å². The second-order valence-electron chi connectivity index (χ2n) is 6.58. The van der Waals surface area contributed by atoms with Crippen LogP contribution in [-0.4, -0.2) is 34.1 Å². The third-order valence-corrected chi connectivity index (χ3v) is 6.00. The number of nitrogens with one attached hydrogen (secondary N) is 2. The molecule has 1 amide bonds. The lowest BCUT2D eigenvalue weighted by atomic mass is 10.3. The van der Waals surface area contributed by atoms with E-state index in [-0.39, 0.29) is 23.3 Å². The molecule has 2 heterocycles. The Hall–Kier alpha value is -3.96. The van der Waals surface area contributed by atoms with Crippen molar-refractivity contribution in [1.29, 1.82) is 0 Å². The number of halogens is 1. The van der Waals surface area contributed by atoms with Gasteiger partial charge in [-0.25, -0.2) is 27.8 Å². The van der Waals surface area contributed by atoms with E-state index in [0.717, 1.165) is 0 Å². The van der Waals surface area contributed by atoms with Gasteiger partial charge in [-0.1, -0.05) is 23.7 Å². The summed E-state index contributed by atoms with van der Waals surface area (Å²) in [6, 6.07) is 15.7. The van der Waals surface area contributed by atoms with Gasteiger partial charge >= 0.3 is 0 Å². The number of anilines is 2. The molecule has 10 nitrogen and oxygen atoms in total. The van der Waals surface area contributed by atoms with Crippen LogP contribution in [0, 0.1) is 0 Å². The van der Waals surface area contributed by atoms with Crippen molar-refractivity contribution >= 4 is 39.2 Å². The fraction of sp³-hybridized carbons (Fsp3) is 0.0476. The minimum Gasteiger partial charge on any atom is -0.470 e. The second-order valence-corrected chi connectivity index (χ2v) is 8.67. The number of nitrogens with zero attached hydrogens (tertiary/aromatic N) is 4. The van der Waals surface area contributed by atoms with Crippen LogP contribution in [0.1, 0.15) is 10.5 Å². The number of para-hydroxylation sites is 1. The summed E-state index contributed by atoms with van der Waals surface area (Å²) in [4.78, 5) is 20.4. The van der Waals surface area contributed by atoms with Gasteiger partial charge in [0.25, 0.3) is 15.9 Å². The molecule has 0 bridgehead atoms. The largest absolute Gasteiger partial charge is 0.470 e. The van der Waals surface area contributed by atoms with Crippen LogP contribution in [0.25, 0.3) is 0 Å². The molecule has 4 aromatic rings. The number of carbonyl (C=O) groups excluding carboxylic acids is 1. The quantitative estimate of drug-likeness (QED) is 0.392. The summed E-state index contributed by atoms with van der Waals surface area (Å²) < 4.78 is 34.2. The SMILES string of the molecule is O=C(Nc1ccc(S(=O)(=O)Nc2ncccn2)cc1)c1ccnn1COc1ccccc1Cl. The molecule has 2 aromatic heterocycles. The van der Waals surface area contributed by atoms with Crippen LogP contribution in [0.15, 0.2) is 84.1 Å². The Morgan fingerprint density at radius 3 is 2.42 bits per heavy atom. The van der Waals surface area contributed by atoms with Crippen LogP contribution in [0.2, 0.25) is 5.02 Å². The summed E-state index contributed by atoms with van der Waals surface area (Å²) in [5.41, 5.74) is 0.649. The highest BCUT2D eigenvalue weighted by molar-refractivity contribution is 7.92. The molecular formula is C21H17ClN6O4S. The van der Waals surface area contributed by atoms with E-state index in [9.17, 15) is 13.2 Å². The lowest BCUT2D eigenvalue weighted by Crippen LogP contribution is -2.20. The number of hydrogen-bond donors (Lipinski definition) is 2. The van der Waals surface area contributed by atoms with Crippen molar-refractivity contribution in [2.24, 2.45) is 0 Å². The Labute approximate surface area is 194 Å². The highest BCUT2D eigenvalue weighted by Crippen LogP contribution is 2.23. The summed E-state index contributed by atoms with van der Waals surface area (Å²) in [5.74, 6) is -0.0174. The van der Waals surface area contributed by atoms with Crippen LogP contribution in [0.4, 0.5) is 11.6 Å². The van der Waals surface area contributed by atoms with Gasteiger partial charge in [0.1, 0.15) is 11.4 Å². The smallest absolute Gasteiger partial charge is 0.274 e. The first kappa shape index (κ1) is 22.2. The van der Waals surface area contributed by atoms with Gasteiger partial charge in [-0.2, -0.15) is 5.10 Å². The fourth-order valence-electron chi connectivity index (χ4n) is 2.76.